The quantitative estimate of drug-likeness (QED) is 0.726. The minimum Gasteiger partial charge on any atom is -0.493 e. The molecule has 2 aromatic rings. The third-order valence-corrected chi connectivity index (χ3v) is 4.49. The molecule has 0 saturated carbocycles. The predicted molar refractivity (Wildman–Crippen MR) is 99.2 cm³/mol. The van der Waals surface area contributed by atoms with E-state index in [9.17, 15) is 4.79 Å². The number of hydrogen-bond acceptors (Lipinski definition) is 3. The van der Waals surface area contributed by atoms with Gasteiger partial charge in [0.15, 0.2) is 11.5 Å². The summed E-state index contributed by atoms with van der Waals surface area (Å²) in [6.45, 7) is 2.02. The molecule has 1 amide bonds. The fourth-order valence-electron chi connectivity index (χ4n) is 2.41. The van der Waals surface area contributed by atoms with Gasteiger partial charge >= 0.3 is 0 Å². The van der Waals surface area contributed by atoms with Gasteiger partial charge in [-0.25, -0.2) is 0 Å². The van der Waals surface area contributed by atoms with Crippen LogP contribution >= 0.6 is 27.5 Å². The van der Waals surface area contributed by atoms with Gasteiger partial charge in [0.05, 0.1) is 25.3 Å². The van der Waals surface area contributed by atoms with Crippen LogP contribution in [0.25, 0.3) is 0 Å². The van der Waals surface area contributed by atoms with Crippen molar-refractivity contribution in [2.75, 3.05) is 14.2 Å². The number of methoxy groups -OCH3 is 2. The summed E-state index contributed by atoms with van der Waals surface area (Å²) in [6, 6.07) is 11.0. The van der Waals surface area contributed by atoms with E-state index in [2.05, 4.69) is 21.2 Å². The third kappa shape index (κ3) is 4.22. The second-order valence-electron chi connectivity index (χ2n) is 5.18. The van der Waals surface area contributed by atoms with Crippen molar-refractivity contribution in [1.82, 2.24) is 5.32 Å². The van der Waals surface area contributed by atoms with Crippen molar-refractivity contribution < 1.29 is 14.3 Å². The van der Waals surface area contributed by atoms with Gasteiger partial charge in [-0.15, -0.1) is 0 Å². The van der Waals surface area contributed by atoms with Crippen LogP contribution in [0.1, 0.15) is 35.3 Å². The minimum atomic E-state index is -0.215. The van der Waals surface area contributed by atoms with Gasteiger partial charge in [0.25, 0.3) is 5.91 Å². The Bertz CT molecular complexity index is 719. The van der Waals surface area contributed by atoms with E-state index in [1.165, 1.54) is 14.2 Å². The molecule has 2 rings (SSSR count). The second-order valence-corrected chi connectivity index (χ2v) is 6.50. The summed E-state index contributed by atoms with van der Waals surface area (Å²) >= 11 is 9.59. The summed E-state index contributed by atoms with van der Waals surface area (Å²) in [5, 5.41) is 3.36. The number of amides is 1. The Labute approximate surface area is 155 Å². The summed E-state index contributed by atoms with van der Waals surface area (Å²) in [5.74, 6) is 0.620. The molecule has 0 aromatic heterocycles. The molecule has 6 heteroatoms. The van der Waals surface area contributed by atoms with Gasteiger partial charge in [-0.1, -0.05) is 46.6 Å². The molecular weight excluding hydrogens is 394 g/mol. The van der Waals surface area contributed by atoms with Crippen LogP contribution in [0, 0.1) is 0 Å². The van der Waals surface area contributed by atoms with Crippen molar-refractivity contribution in [3.8, 4) is 11.5 Å². The Balaban J connectivity index is 2.24. The van der Waals surface area contributed by atoms with Gasteiger partial charge < -0.3 is 14.8 Å². The van der Waals surface area contributed by atoms with Gasteiger partial charge in [0.2, 0.25) is 0 Å². The van der Waals surface area contributed by atoms with Crippen molar-refractivity contribution in [1.29, 1.82) is 0 Å². The maximum atomic E-state index is 12.6. The molecule has 1 atom stereocenters. The Morgan fingerprint density at radius 2 is 1.88 bits per heavy atom. The number of carbonyl (C=O) groups is 1. The smallest absolute Gasteiger partial charge is 0.251 e. The lowest BCUT2D eigenvalue weighted by atomic mass is 10.0. The standard InChI is InChI=1S/C18H19BrClNO3/c1-4-15(11-5-7-13(19)8-6-11)21-18(22)12-9-14(20)17(24-3)16(10-12)23-2/h5-10,15H,4H2,1-3H3,(H,21,22). The average Bonchev–Trinajstić information content (AvgIpc) is 2.59. The van der Waals surface area contributed by atoms with Gasteiger partial charge in [-0.05, 0) is 36.2 Å². The van der Waals surface area contributed by atoms with Gasteiger partial charge in [0.1, 0.15) is 0 Å². The molecule has 0 aliphatic carbocycles. The molecule has 4 nitrogen and oxygen atoms in total. The van der Waals surface area contributed by atoms with Crippen LogP contribution < -0.4 is 14.8 Å². The van der Waals surface area contributed by atoms with Crippen molar-refractivity contribution in [3.63, 3.8) is 0 Å². The highest BCUT2D eigenvalue weighted by Crippen LogP contribution is 2.36. The molecule has 1 unspecified atom stereocenters. The van der Waals surface area contributed by atoms with E-state index in [0.717, 1.165) is 16.5 Å². The highest BCUT2D eigenvalue weighted by molar-refractivity contribution is 9.10. The zero-order chi connectivity index (χ0) is 17.7. The van der Waals surface area contributed by atoms with E-state index in [1.54, 1.807) is 12.1 Å². The van der Waals surface area contributed by atoms with Gasteiger partial charge in [-0.2, -0.15) is 0 Å². The fraction of sp³-hybridized carbons (Fsp3) is 0.278. The van der Waals surface area contributed by atoms with Crippen LogP contribution in [0.15, 0.2) is 40.9 Å². The Morgan fingerprint density at radius 1 is 1.21 bits per heavy atom. The first-order valence-corrected chi connectivity index (χ1v) is 8.65. The molecule has 128 valence electrons. The maximum absolute atomic E-state index is 12.6. The number of rotatable bonds is 6. The van der Waals surface area contributed by atoms with E-state index in [1.807, 2.05) is 31.2 Å². The number of hydrogen-bond donors (Lipinski definition) is 1. The molecule has 0 spiro atoms. The van der Waals surface area contributed by atoms with Crippen LogP contribution in [-0.4, -0.2) is 20.1 Å². The molecule has 1 N–H and O–H groups in total. The summed E-state index contributed by atoms with van der Waals surface area (Å²) < 4.78 is 11.4. The summed E-state index contributed by atoms with van der Waals surface area (Å²) in [6.07, 6.45) is 0.772. The highest BCUT2D eigenvalue weighted by atomic mass is 79.9. The monoisotopic (exact) mass is 411 g/mol. The summed E-state index contributed by atoms with van der Waals surface area (Å²) in [5.41, 5.74) is 1.47. The summed E-state index contributed by atoms with van der Waals surface area (Å²) in [7, 11) is 3.01. The molecule has 24 heavy (non-hydrogen) atoms. The van der Waals surface area contributed by atoms with E-state index in [0.29, 0.717) is 22.1 Å². The number of carbonyl (C=O) groups excluding carboxylic acids is 1. The molecule has 0 bridgehead atoms. The van der Waals surface area contributed by atoms with Crippen LogP contribution in [0.3, 0.4) is 0 Å². The molecular formula is C18H19BrClNO3. The molecule has 0 radical (unpaired) electrons. The Kier molecular flexibility index (Phi) is 6.52. The first-order valence-electron chi connectivity index (χ1n) is 7.48. The van der Waals surface area contributed by atoms with Crippen molar-refractivity contribution in [2.24, 2.45) is 0 Å². The molecule has 0 saturated heterocycles. The molecule has 2 aromatic carbocycles. The molecule has 0 aliphatic heterocycles. The van der Waals surface area contributed by atoms with Crippen LogP contribution in [0.2, 0.25) is 5.02 Å². The van der Waals surface area contributed by atoms with E-state index < -0.39 is 0 Å². The third-order valence-electron chi connectivity index (χ3n) is 3.68. The molecule has 0 heterocycles. The van der Waals surface area contributed by atoms with Crippen molar-refractivity contribution >= 4 is 33.4 Å². The van der Waals surface area contributed by atoms with Crippen LogP contribution in [0.5, 0.6) is 11.5 Å². The van der Waals surface area contributed by atoms with Gasteiger partial charge in [0, 0.05) is 10.0 Å². The zero-order valence-electron chi connectivity index (χ0n) is 13.7. The number of nitrogens with one attached hydrogen (secondary N) is 1. The van der Waals surface area contributed by atoms with E-state index in [4.69, 9.17) is 21.1 Å². The fourth-order valence-corrected chi connectivity index (χ4v) is 2.96. The minimum absolute atomic E-state index is 0.0857. The Morgan fingerprint density at radius 3 is 2.42 bits per heavy atom. The highest BCUT2D eigenvalue weighted by Gasteiger charge is 2.18. The van der Waals surface area contributed by atoms with Crippen molar-refractivity contribution in [3.05, 3.63) is 57.0 Å². The van der Waals surface area contributed by atoms with Crippen molar-refractivity contribution in [2.45, 2.75) is 19.4 Å². The number of benzene rings is 2. The van der Waals surface area contributed by atoms with Crippen LogP contribution in [-0.2, 0) is 0 Å². The molecule has 0 aliphatic rings. The second kappa shape index (κ2) is 8.40. The lowest BCUT2D eigenvalue weighted by Crippen LogP contribution is -2.28. The average molecular weight is 413 g/mol. The van der Waals surface area contributed by atoms with E-state index in [-0.39, 0.29) is 11.9 Å². The lowest BCUT2D eigenvalue weighted by Gasteiger charge is -2.18. The first kappa shape index (κ1) is 18.6. The maximum Gasteiger partial charge on any atom is 0.251 e. The topological polar surface area (TPSA) is 47.6 Å². The lowest BCUT2D eigenvalue weighted by molar-refractivity contribution is 0.0935. The zero-order valence-corrected chi connectivity index (χ0v) is 16.1. The summed E-state index contributed by atoms with van der Waals surface area (Å²) in [4.78, 5) is 12.6. The van der Waals surface area contributed by atoms with Crippen LogP contribution in [0.4, 0.5) is 0 Å². The number of ether oxygens (including phenoxy) is 2. The molecule has 0 fully saturated rings. The normalized spacial score (nSPS) is 11.7. The largest absolute Gasteiger partial charge is 0.493 e. The number of halogens is 2. The first-order chi connectivity index (χ1) is 11.5. The van der Waals surface area contributed by atoms with E-state index >= 15 is 0 Å². The SMILES string of the molecule is CCC(NC(=O)c1cc(Cl)c(OC)c(OC)c1)c1ccc(Br)cc1. The Hall–Kier alpha value is -1.72. The predicted octanol–water partition coefficient (Wildman–Crippen LogP) is 5.00. The van der Waals surface area contributed by atoms with Gasteiger partial charge in [-0.3, -0.25) is 4.79 Å².